The number of ketones is 1. The minimum absolute atomic E-state index is 0.0469. The molecule has 31 heavy (non-hydrogen) atoms. The zero-order chi connectivity index (χ0) is 22.0. The maximum Gasteiger partial charge on any atom is 0.417 e. The Hall–Kier alpha value is -3.45. The molecule has 0 bridgehead atoms. The number of hydrogen-bond acceptors (Lipinski definition) is 4. The second kappa shape index (κ2) is 8.35. The molecule has 8 heteroatoms. The van der Waals surface area contributed by atoms with E-state index < -0.39 is 22.5 Å². The summed E-state index contributed by atoms with van der Waals surface area (Å²) in [6.07, 6.45) is -1.47. The first-order valence-corrected chi connectivity index (χ1v) is 9.55. The lowest BCUT2D eigenvalue weighted by molar-refractivity contribution is -0.137. The Morgan fingerprint density at radius 3 is 2.26 bits per heavy atom. The quantitative estimate of drug-likeness (QED) is 0.330. The third-order valence-electron chi connectivity index (χ3n) is 4.56. The van der Waals surface area contributed by atoms with Crippen molar-refractivity contribution >= 4 is 28.4 Å². The molecule has 4 nitrogen and oxygen atoms in total. The van der Waals surface area contributed by atoms with Crippen molar-refractivity contribution in [3.63, 3.8) is 0 Å². The molecule has 0 saturated carbocycles. The molecule has 4 rings (SSSR count). The predicted molar refractivity (Wildman–Crippen MR) is 111 cm³/mol. The zero-order valence-electron chi connectivity index (χ0n) is 15.9. The van der Waals surface area contributed by atoms with Crippen LogP contribution in [-0.2, 0) is 12.6 Å². The molecular weight excluding hydrogens is 429 g/mol. The largest absolute Gasteiger partial charge is 0.457 e. The number of carbonyl (C=O) groups is 1. The van der Waals surface area contributed by atoms with Gasteiger partial charge in [-0.15, -0.1) is 0 Å². The van der Waals surface area contributed by atoms with Crippen LogP contribution in [0, 0.1) is 0 Å². The van der Waals surface area contributed by atoms with Crippen molar-refractivity contribution in [2.45, 2.75) is 12.6 Å². The van der Waals surface area contributed by atoms with Gasteiger partial charge in [-0.1, -0.05) is 23.7 Å². The number of carbonyl (C=O) groups excluding carboxylic acids is 1. The van der Waals surface area contributed by atoms with Crippen LogP contribution in [-0.4, -0.2) is 15.8 Å². The van der Waals surface area contributed by atoms with Gasteiger partial charge in [0.25, 0.3) is 0 Å². The molecule has 0 aliphatic carbocycles. The van der Waals surface area contributed by atoms with Gasteiger partial charge in [0, 0.05) is 30.4 Å². The van der Waals surface area contributed by atoms with Crippen LogP contribution >= 0.6 is 11.6 Å². The molecule has 4 aromatic rings. The molecule has 0 aliphatic rings. The molecule has 0 radical (unpaired) electrons. The lowest BCUT2D eigenvalue weighted by atomic mass is 10.0. The summed E-state index contributed by atoms with van der Waals surface area (Å²) in [7, 11) is 0. The van der Waals surface area contributed by atoms with Gasteiger partial charge in [-0.25, -0.2) is 0 Å². The van der Waals surface area contributed by atoms with E-state index in [9.17, 15) is 18.0 Å². The van der Waals surface area contributed by atoms with E-state index in [-0.39, 0.29) is 12.0 Å². The van der Waals surface area contributed by atoms with Crippen molar-refractivity contribution < 1.29 is 22.7 Å². The summed E-state index contributed by atoms with van der Waals surface area (Å²) in [5.41, 5.74) is 1.02. The van der Waals surface area contributed by atoms with E-state index in [1.54, 1.807) is 54.9 Å². The number of hydrogen-bond donors (Lipinski definition) is 0. The molecule has 0 fully saturated rings. The summed E-state index contributed by atoms with van der Waals surface area (Å²) in [6.45, 7) is 0. The molecule has 0 aliphatic heterocycles. The highest BCUT2D eigenvalue weighted by atomic mass is 35.5. The van der Waals surface area contributed by atoms with Gasteiger partial charge < -0.3 is 4.74 Å². The van der Waals surface area contributed by atoms with Crippen LogP contribution in [0.25, 0.3) is 11.0 Å². The summed E-state index contributed by atoms with van der Waals surface area (Å²) in [4.78, 5) is 20.9. The Labute approximate surface area is 180 Å². The van der Waals surface area contributed by atoms with Gasteiger partial charge in [0.2, 0.25) is 0 Å². The van der Waals surface area contributed by atoms with Crippen LogP contribution in [0.1, 0.15) is 21.5 Å². The maximum atomic E-state index is 13.0. The van der Waals surface area contributed by atoms with Crippen LogP contribution in [0.15, 0.2) is 73.1 Å². The Morgan fingerprint density at radius 1 is 0.871 bits per heavy atom. The monoisotopic (exact) mass is 442 g/mol. The van der Waals surface area contributed by atoms with Crippen molar-refractivity contribution in [3.8, 4) is 11.5 Å². The lowest BCUT2D eigenvalue weighted by Crippen LogP contribution is -2.10. The summed E-state index contributed by atoms with van der Waals surface area (Å²) >= 11 is 5.61. The first-order chi connectivity index (χ1) is 14.8. The smallest absolute Gasteiger partial charge is 0.417 e. The molecule has 3 aromatic carbocycles. The first-order valence-electron chi connectivity index (χ1n) is 9.17. The molecule has 0 atom stereocenters. The lowest BCUT2D eigenvalue weighted by Gasteiger charge is -2.11. The van der Waals surface area contributed by atoms with Crippen molar-refractivity contribution in [1.29, 1.82) is 0 Å². The molecule has 0 amide bonds. The number of Topliss-reactive ketones (excluding diaryl/α,β-unsaturated/α-hetero) is 1. The molecule has 1 heterocycles. The number of nitrogens with zero attached hydrogens (tertiary/aromatic N) is 2. The van der Waals surface area contributed by atoms with Gasteiger partial charge >= 0.3 is 6.18 Å². The molecule has 0 unspecified atom stereocenters. The zero-order valence-corrected chi connectivity index (χ0v) is 16.6. The number of rotatable bonds is 5. The predicted octanol–water partition coefficient (Wildman–Crippen LogP) is 6.52. The van der Waals surface area contributed by atoms with Crippen LogP contribution in [0.4, 0.5) is 13.2 Å². The standard InChI is InChI=1S/C23H14ClF3N2O2/c24-19-7-3-15(12-18(19)23(25,26)27)22(30)11-14-1-4-16(5-2-14)31-17-6-8-20-21(13-17)29-10-9-28-20/h1-10,12-13H,11H2. The highest BCUT2D eigenvalue weighted by Crippen LogP contribution is 2.35. The number of fused-ring (bicyclic) bond motifs is 1. The Balaban J connectivity index is 1.46. The minimum Gasteiger partial charge on any atom is -0.457 e. The second-order valence-corrected chi connectivity index (χ2v) is 7.15. The van der Waals surface area contributed by atoms with E-state index in [1.165, 1.54) is 6.07 Å². The number of halogens is 4. The van der Waals surface area contributed by atoms with Gasteiger partial charge in [-0.2, -0.15) is 13.2 Å². The summed E-state index contributed by atoms with van der Waals surface area (Å²) in [5.74, 6) is 0.687. The van der Waals surface area contributed by atoms with E-state index >= 15 is 0 Å². The number of ether oxygens (including phenoxy) is 1. The third kappa shape index (κ3) is 4.83. The second-order valence-electron chi connectivity index (χ2n) is 6.75. The average Bonchev–Trinajstić information content (AvgIpc) is 2.74. The highest BCUT2D eigenvalue weighted by Gasteiger charge is 2.33. The topological polar surface area (TPSA) is 52.1 Å². The third-order valence-corrected chi connectivity index (χ3v) is 4.89. The summed E-state index contributed by atoms with van der Waals surface area (Å²) in [6, 6.07) is 15.2. The van der Waals surface area contributed by atoms with Crippen molar-refractivity contribution in [2.24, 2.45) is 0 Å². The maximum absolute atomic E-state index is 13.0. The van der Waals surface area contributed by atoms with Gasteiger partial charge in [-0.3, -0.25) is 14.8 Å². The molecule has 0 saturated heterocycles. The van der Waals surface area contributed by atoms with Gasteiger partial charge in [0.05, 0.1) is 21.6 Å². The van der Waals surface area contributed by atoms with Gasteiger partial charge in [0.1, 0.15) is 11.5 Å². The van der Waals surface area contributed by atoms with E-state index in [1.807, 2.05) is 0 Å². The number of alkyl halides is 3. The van der Waals surface area contributed by atoms with Crippen LogP contribution < -0.4 is 4.74 Å². The van der Waals surface area contributed by atoms with E-state index in [2.05, 4.69) is 9.97 Å². The molecule has 0 N–H and O–H groups in total. The Morgan fingerprint density at radius 2 is 1.55 bits per heavy atom. The SMILES string of the molecule is O=C(Cc1ccc(Oc2ccc3nccnc3c2)cc1)c1ccc(Cl)c(C(F)(F)F)c1. The van der Waals surface area contributed by atoms with Crippen LogP contribution in [0.5, 0.6) is 11.5 Å². The normalized spacial score (nSPS) is 11.5. The van der Waals surface area contributed by atoms with Crippen molar-refractivity contribution in [3.05, 3.63) is 94.8 Å². The first kappa shape index (κ1) is 20.8. The van der Waals surface area contributed by atoms with E-state index in [0.29, 0.717) is 22.6 Å². The minimum atomic E-state index is -4.62. The number of benzene rings is 3. The van der Waals surface area contributed by atoms with Crippen molar-refractivity contribution in [1.82, 2.24) is 9.97 Å². The van der Waals surface area contributed by atoms with E-state index in [4.69, 9.17) is 16.3 Å². The van der Waals surface area contributed by atoms with Gasteiger partial charge in [0.15, 0.2) is 5.78 Å². The fourth-order valence-electron chi connectivity index (χ4n) is 3.02. The number of aromatic nitrogens is 2. The van der Waals surface area contributed by atoms with Crippen LogP contribution in [0.2, 0.25) is 5.02 Å². The van der Waals surface area contributed by atoms with E-state index in [0.717, 1.165) is 17.6 Å². The molecule has 0 spiro atoms. The Bertz CT molecular complexity index is 1260. The molecule has 156 valence electrons. The fraction of sp³-hybridized carbons (Fsp3) is 0.0870. The molecular formula is C23H14ClF3N2O2. The average molecular weight is 443 g/mol. The van der Waals surface area contributed by atoms with Crippen molar-refractivity contribution in [2.75, 3.05) is 0 Å². The van der Waals surface area contributed by atoms with Crippen LogP contribution in [0.3, 0.4) is 0 Å². The highest BCUT2D eigenvalue weighted by molar-refractivity contribution is 6.31. The summed E-state index contributed by atoms with van der Waals surface area (Å²) < 4.78 is 44.8. The fourth-order valence-corrected chi connectivity index (χ4v) is 3.25. The molecule has 1 aromatic heterocycles. The Kier molecular flexibility index (Phi) is 5.61. The van der Waals surface area contributed by atoms with Gasteiger partial charge in [-0.05, 0) is 48.0 Å². The summed E-state index contributed by atoms with van der Waals surface area (Å²) in [5, 5.41) is -0.440.